The Morgan fingerprint density at radius 3 is 2.67 bits per heavy atom. The maximum absolute atomic E-state index is 12.9. The van der Waals surface area contributed by atoms with E-state index in [1.807, 2.05) is 5.32 Å². The largest absolute Gasteiger partial charge is 0.373 e. The van der Waals surface area contributed by atoms with E-state index in [0.29, 0.717) is 5.52 Å². The van der Waals surface area contributed by atoms with Crippen LogP contribution in [0.1, 0.15) is 0 Å². The molecule has 0 aliphatic carbocycles. The monoisotopic (exact) mass is 303 g/mol. The fourth-order valence-corrected chi connectivity index (χ4v) is 1.77. The van der Waals surface area contributed by atoms with Gasteiger partial charge in [0.1, 0.15) is 5.69 Å². The van der Waals surface area contributed by atoms with Gasteiger partial charge in [-0.1, -0.05) is 0 Å². The zero-order valence-electron chi connectivity index (χ0n) is 10.4. The molecular formula is C12H9F4N3O2. The van der Waals surface area contributed by atoms with E-state index in [-0.39, 0.29) is 11.1 Å². The number of aromatic nitrogens is 1. The first-order chi connectivity index (χ1) is 9.83. The molecular weight excluding hydrogens is 294 g/mol. The van der Waals surface area contributed by atoms with Crippen molar-refractivity contribution < 1.29 is 22.5 Å². The van der Waals surface area contributed by atoms with Crippen molar-refractivity contribution in [3.63, 3.8) is 0 Å². The molecule has 0 radical (unpaired) electrons. The third-order valence-corrected chi connectivity index (χ3v) is 2.77. The van der Waals surface area contributed by atoms with Crippen molar-refractivity contribution in [1.82, 2.24) is 4.98 Å². The summed E-state index contributed by atoms with van der Waals surface area (Å²) in [4.78, 5) is 14.2. The molecule has 112 valence electrons. The molecule has 0 atom stereocenters. The van der Waals surface area contributed by atoms with Crippen LogP contribution in [0, 0.1) is 10.1 Å². The smallest absolute Gasteiger partial charge is 0.324 e. The van der Waals surface area contributed by atoms with E-state index in [4.69, 9.17) is 0 Å². The van der Waals surface area contributed by atoms with Gasteiger partial charge in [-0.2, -0.15) is 8.78 Å². The Kier molecular flexibility index (Phi) is 3.92. The number of rotatable bonds is 5. The summed E-state index contributed by atoms with van der Waals surface area (Å²) < 4.78 is 50.0. The zero-order valence-corrected chi connectivity index (χ0v) is 10.4. The number of nitrogens with zero attached hydrogens (tertiary/aromatic N) is 2. The maximum Gasteiger partial charge on any atom is 0.324 e. The highest BCUT2D eigenvalue weighted by Crippen LogP contribution is 2.33. The first-order valence-electron chi connectivity index (χ1n) is 5.75. The van der Waals surface area contributed by atoms with E-state index >= 15 is 0 Å². The van der Waals surface area contributed by atoms with Crippen LogP contribution in [0.4, 0.5) is 28.9 Å². The number of anilines is 1. The summed E-state index contributed by atoms with van der Waals surface area (Å²) in [6.45, 7) is -1.41. The molecule has 21 heavy (non-hydrogen) atoms. The van der Waals surface area contributed by atoms with Gasteiger partial charge >= 0.3 is 18.0 Å². The standard InChI is InChI=1S/C12H9F4N3O2/c13-11(14)12(15,16)6-18-9-4-3-8-7(2-1-5-17-8)10(9)19(20)21/h1-5,11,18H,6H2. The lowest BCUT2D eigenvalue weighted by atomic mass is 10.1. The number of hydrogen-bond acceptors (Lipinski definition) is 4. The van der Waals surface area contributed by atoms with Gasteiger partial charge in [-0.05, 0) is 24.3 Å². The number of pyridine rings is 1. The second kappa shape index (κ2) is 5.51. The molecule has 1 aromatic carbocycles. The third kappa shape index (κ3) is 3.01. The van der Waals surface area contributed by atoms with Gasteiger partial charge < -0.3 is 5.32 Å². The molecule has 0 bridgehead atoms. The van der Waals surface area contributed by atoms with Crippen LogP contribution in [-0.2, 0) is 0 Å². The minimum Gasteiger partial charge on any atom is -0.373 e. The normalized spacial score (nSPS) is 11.9. The molecule has 1 aromatic heterocycles. The summed E-state index contributed by atoms with van der Waals surface area (Å²) >= 11 is 0. The van der Waals surface area contributed by atoms with Gasteiger partial charge in [-0.15, -0.1) is 0 Å². The second-order valence-electron chi connectivity index (χ2n) is 4.20. The number of nitrogens with one attached hydrogen (secondary N) is 1. The number of fused-ring (bicyclic) bond motifs is 1. The van der Waals surface area contributed by atoms with E-state index in [9.17, 15) is 27.7 Å². The van der Waals surface area contributed by atoms with Crippen molar-refractivity contribution >= 4 is 22.3 Å². The van der Waals surface area contributed by atoms with Crippen LogP contribution >= 0.6 is 0 Å². The molecule has 2 aromatic rings. The minimum atomic E-state index is -4.28. The number of nitro groups is 1. The van der Waals surface area contributed by atoms with Gasteiger partial charge in [0.2, 0.25) is 0 Å². The van der Waals surface area contributed by atoms with Crippen LogP contribution in [-0.4, -0.2) is 28.8 Å². The first kappa shape index (κ1) is 14.9. The molecule has 1 N–H and O–H groups in total. The molecule has 0 amide bonds. The van der Waals surface area contributed by atoms with E-state index < -0.39 is 29.5 Å². The lowest BCUT2D eigenvalue weighted by molar-refractivity contribution is -0.382. The topological polar surface area (TPSA) is 68.1 Å². The Hall–Kier alpha value is -2.45. The number of nitro benzene ring substituents is 1. The summed E-state index contributed by atoms with van der Waals surface area (Å²) in [5.41, 5.74) is -0.443. The summed E-state index contributed by atoms with van der Waals surface area (Å²) in [6.07, 6.45) is -2.43. The lowest BCUT2D eigenvalue weighted by Crippen LogP contribution is -2.34. The van der Waals surface area contributed by atoms with Crippen LogP contribution in [0.2, 0.25) is 0 Å². The first-order valence-corrected chi connectivity index (χ1v) is 5.75. The molecule has 5 nitrogen and oxygen atoms in total. The third-order valence-electron chi connectivity index (χ3n) is 2.77. The molecule has 2 rings (SSSR count). The van der Waals surface area contributed by atoms with Crippen molar-refractivity contribution in [2.75, 3.05) is 11.9 Å². The van der Waals surface area contributed by atoms with Gasteiger partial charge in [-0.3, -0.25) is 15.1 Å². The summed E-state index contributed by atoms with van der Waals surface area (Å²) in [6, 6.07) is 5.39. The van der Waals surface area contributed by atoms with Crippen molar-refractivity contribution in [3.8, 4) is 0 Å². The Balaban J connectivity index is 2.40. The van der Waals surface area contributed by atoms with Gasteiger partial charge in [0, 0.05) is 6.20 Å². The average molecular weight is 303 g/mol. The lowest BCUT2D eigenvalue weighted by Gasteiger charge is -2.16. The SMILES string of the molecule is O=[N+]([O-])c1c(NCC(F)(F)C(F)F)ccc2ncccc12. The van der Waals surface area contributed by atoms with Gasteiger partial charge in [0.25, 0.3) is 0 Å². The van der Waals surface area contributed by atoms with E-state index in [2.05, 4.69) is 4.98 Å². The van der Waals surface area contributed by atoms with Crippen LogP contribution in [0.15, 0.2) is 30.5 Å². The van der Waals surface area contributed by atoms with Gasteiger partial charge in [0.05, 0.1) is 22.4 Å². The molecule has 0 spiro atoms. The fourth-order valence-electron chi connectivity index (χ4n) is 1.77. The predicted octanol–water partition coefficient (Wildman–Crippen LogP) is 3.46. The summed E-state index contributed by atoms with van der Waals surface area (Å²) in [7, 11) is 0. The van der Waals surface area contributed by atoms with Gasteiger partial charge in [0.15, 0.2) is 0 Å². The highest BCUT2D eigenvalue weighted by atomic mass is 19.3. The van der Waals surface area contributed by atoms with Gasteiger partial charge in [-0.25, -0.2) is 8.78 Å². The van der Waals surface area contributed by atoms with Crippen LogP contribution in [0.3, 0.4) is 0 Å². The highest BCUT2D eigenvalue weighted by Gasteiger charge is 2.40. The molecule has 0 unspecified atom stereocenters. The number of alkyl halides is 4. The molecule has 9 heteroatoms. The van der Waals surface area contributed by atoms with Crippen LogP contribution in [0.5, 0.6) is 0 Å². The van der Waals surface area contributed by atoms with Crippen molar-refractivity contribution in [2.24, 2.45) is 0 Å². The molecule has 0 saturated heterocycles. The van der Waals surface area contributed by atoms with E-state index in [1.54, 1.807) is 0 Å². The molecule has 0 fully saturated rings. The predicted molar refractivity (Wildman–Crippen MR) is 67.8 cm³/mol. The Morgan fingerprint density at radius 2 is 2.05 bits per heavy atom. The number of halogens is 4. The molecule has 0 aliphatic heterocycles. The summed E-state index contributed by atoms with van der Waals surface area (Å²) in [5, 5.41) is 13.2. The number of benzene rings is 1. The molecule has 0 saturated carbocycles. The van der Waals surface area contributed by atoms with E-state index in [0.717, 1.165) is 6.07 Å². The zero-order chi connectivity index (χ0) is 15.6. The maximum atomic E-state index is 12.9. The molecule has 0 aliphatic rings. The number of hydrogen-bond donors (Lipinski definition) is 1. The Bertz CT molecular complexity index is 679. The Labute approximate surface area is 115 Å². The average Bonchev–Trinajstić information content (AvgIpc) is 2.43. The van der Waals surface area contributed by atoms with Crippen LogP contribution in [0.25, 0.3) is 10.9 Å². The quantitative estimate of drug-likeness (QED) is 0.522. The Morgan fingerprint density at radius 1 is 1.33 bits per heavy atom. The second-order valence-corrected chi connectivity index (χ2v) is 4.20. The summed E-state index contributed by atoms with van der Waals surface area (Å²) in [5.74, 6) is -4.28. The highest BCUT2D eigenvalue weighted by molar-refractivity contribution is 5.94. The fraction of sp³-hybridized carbons (Fsp3) is 0.250. The molecule has 1 heterocycles. The minimum absolute atomic E-state index is 0.132. The van der Waals surface area contributed by atoms with Crippen molar-refractivity contribution in [2.45, 2.75) is 12.3 Å². The van der Waals surface area contributed by atoms with E-state index in [1.165, 1.54) is 24.4 Å². The van der Waals surface area contributed by atoms with Crippen molar-refractivity contribution in [1.29, 1.82) is 0 Å². The van der Waals surface area contributed by atoms with Crippen LogP contribution < -0.4 is 5.32 Å². The van der Waals surface area contributed by atoms with Crippen molar-refractivity contribution in [3.05, 3.63) is 40.6 Å².